The summed E-state index contributed by atoms with van der Waals surface area (Å²) in [5.41, 5.74) is 7.30. The van der Waals surface area contributed by atoms with Crippen molar-refractivity contribution in [3.8, 4) is 11.4 Å². The van der Waals surface area contributed by atoms with E-state index in [-0.39, 0.29) is 0 Å². The first-order chi connectivity index (χ1) is 19.3. The standard InChI is InChI=1S/C36H22N2S/c1-2-10-23(11-3-1)37-33-19-18-24(38-31-15-7-4-12-25(31)26-13-5-8-16-32(26)38)20-28(33)29-21-30-27-14-6-9-17-35(27)39-36(30)22-34(29)37/h1-22H. The van der Waals surface area contributed by atoms with E-state index in [1.165, 1.54) is 75.2 Å². The largest absolute Gasteiger partial charge is 0.309 e. The lowest BCUT2D eigenvalue weighted by atomic mass is 10.1. The summed E-state index contributed by atoms with van der Waals surface area (Å²) in [4.78, 5) is 0. The minimum atomic E-state index is 1.18. The number of hydrogen-bond acceptors (Lipinski definition) is 1. The highest BCUT2D eigenvalue weighted by Gasteiger charge is 2.18. The summed E-state index contributed by atoms with van der Waals surface area (Å²) in [6.45, 7) is 0. The first-order valence-corrected chi connectivity index (χ1v) is 14.1. The third-order valence-corrected chi connectivity index (χ3v) is 9.23. The first kappa shape index (κ1) is 21.1. The van der Waals surface area contributed by atoms with Crippen LogP contribution in [0.3, 0.4) is 0 Å². The van der Waals surface area contributed by atoms with Crippen molar-refractivity contribution in [3.05, 3.63) is 133 Å². The highest BCUT2D eigenvalue weighted by Crippen LogP contribution is 2.41. The Bertz CT molecular complexity index is 2330. The third kappa shape index (κ3) is 2.91. The van der Waals surface area contributed by atoms with Gasteiger partial charge in [0.2, 0.25) is 0 Å². The zero-order valence-corrected chi connectivity index (χ0v) is 21.8. The van der Waals surface area contributed by atoms with Crippen LogP contribution in [-0.4, -0.2) is 9.13 Å². The van der Waals surface area contributed by atoms with Gasteiger partial charge in [-0.25, -0.2) is 0 Å². The Morgan fingerprint density at radius 2 is 0.923 bits per heavy atom. The summed E-state index contributed by atoms with van der Waals surface area (Å²) in [6.07, 6.45) is 0. The van der Waals surface area contributed by atoms with Crippen LogP contribution in [0.5, 0.6) is 0 Å². The normalized spacial score (nSPS) is 12.1. The van der Waals surface area contributed by atoms with Crippen molar-refractivity contribution < 1.29 is 0 Å². The molecular weight excluding hydrogens is 492 g/mol. The van der Waals surface area contributed by atoms with E-state index in [4.69, 9.17) is 0 Å². The molecule has 0 saturated carbocycles. The summed E-state index contributed by atoms with van der Waals surface area (Å²) in [5, 5.41) is 7.78. The van der Waals surface area contributed by atoms with Gasteiger partial charge >= 0.3 is 0 Å². The fourth-order valence-electron chi connectivity index (χ4n) is 6.42. The number of para-hydroxylation sites is 3. The maximum atomic E-state index is 2.42. The minimum absolute atomic E-state index is 1.18. The van der Waals surface area contributed by atoms with Crippen molar-refractivity contribution in [2.45, 2.75) is 0 Å². The van der Waals surface area contributed by atoms with Crippen LogP contribution in [0.2, 0.25) is 0 Å². The Morgan fingerprint density at radius 1 is 0.333 bits per heavy atom. The molecular formula is C36H22N2S. The maximum Gasteiger partial charge on any atom is 0.0555 e. The molecule has 3 heteroatoms. The molecule has 3 aromatic heterocycles. The molecule has 39 heavy (non-hydrogen) atoms. The zero-order chi connectivity index (χ0) is 25.5. The summed E-state index contributed by atoms with van der Waals surface area (Å²) in [5.74, 6) is 0. The van der Waals surface area contributed by atoms with Crippen LogP contribution < -0.4 is 0 Å². The molecule has 182 valence electrons. The molecule has 6 aromatic carbocycles. The van der Waals surface area contributed by atoms with E-state index in [9.17, 15) is 0 Å². The van der Waals surface area contributed by atoms with Gasteiger partial charge in [0.15, 0.2) is 0 Å². The lowest BCUT2D eigenvalue weighted by Crippen LogP contribution is -1.95. The second-order valence-electron chi connectivity index (χ2n) is 10.2. The molecule has 0 radical (unpaired) electrons. The van der Waals surface area contributed by atoms with Gasteiger partial charge in [0.05, 0.1) is 22.1 Å². The van der Waals surface area contributed by atoms with E-state index in [1.54, 1.807) is 0 Å². The highest BCUT2D eigenvalue weighted by atomic mass is 32.1. The topological polar surface area (TPSA) is 9.86 Å². The van der Waals surface area contributed by atoms with Crippen LogP contribution >= 0.6 is 11.3 Å². The number of aromatic nitrogens is 2. The van der Waals surface area contributed by atoms with Gasteiger partial charge in [-0.1, -0.05) is 72.8 Å². The molecule has 0 saturated heterocycles. The van der Waals surface area contributed by atoms with Crippen LogP contribution in [0.4, 0.5) is 0 Å². The van der Waals surface area contributed by atoms with Gasteiger partial charge in [-0.3, -0.25) is 0 Å². The number of benzene rings is 6. The molecule has 0 aliphatic rings. The molecule has 9 rings (SSSR count). The SMILES string of the molecule is c1ccc(-n2c3ccc(-n4c5ccccc5c5ccccc54)cc3c3cc4c(cc32)sc2ccccc24)cc1. The average Bonchev–Trinajstić information content (AvgIpc) is 3.63. The number of fused-ring (bicyclic) bond motifs is 9. The average molecular weight is 515 g/mol. The number of nitrogens with zero attached hydrogens (tertiary/aromatic N) is 2. The monoisotopic (exact) mass is 514 g/mol. The van der Waals surface area contributed by atoms with Crippen LogP contribution in [0.25, 0.3) is 75.2 Å². The second kappa shape index (κ2) is 7.83. The molecule has 0 unspecified atom stereocenters. The Balaban J connectivity index is 1.43. The minimum Gasteiger partial charge on any atom is -0.309 e. The lowest BCUT2D eigenvalue weighted by Gasteiger charge is -2.10. The molecule has 0 amide bonds. The molecule has 0 spiro atoms. The molecule has 0 atom stereocenters. The molecule has 2 nitrogen and oxygen atoms in total. The number of rotatable bonds is 2. The van der Waals surface area contributed by atoms with Gasteiger partial charge < -0.3 is 9.13 Å². The van der Waals surface area contributed by atoms with Gasteiger partial charge in [-0.15, -0.1) is 11.3 Å². The van der Waals surface area contributed by atoms with E-state index in [0.717, 1.165) is 0 Å². The highest BCUT2D eigenvalue weighted by molar-refractivity contribution is 7.25. The van der Waals surface area contributed by atoms with Gasteiger partial charge in [0, 0.05) is 53.1 Å². The van der Waals surface area contributed by atoms with Crippen molar-refractivity contribution in [2.24, 2.45) is 0 Å². The smallest absolute Gasteiger partial charge is 0.0555 e. The van der Waals surface area contributed by atoms with Crippen molar-refractivity contribution >= 4 is 75.1 Å². The van der Waals surface area contributed by atoms with Crippen molar-refractivity contribution in [1.82, 2.24) is 9.13 Å². The fraction of sp³-hybridized carbons (Fsp3) is 0. The molecule has 0 aliphatic carbocycles. The molecule has 3 heterocycles. The summed E-state index contributed by atoms with van der Waals surface area (Å²) < 4.78 is 7.49. The molecule has 0 aliphatic heterocycles. The number of thiophene rings is 1. The van der Waals surface area contributed by atoms with Gasteiger partial charge in [-0.05, 0) is 60.7 Å². The maximum absolute atomic E-state index is 2.42. The Morgan fingerprint density at radius 3 is 1.69 bits per heavy atom. The zero-order valence-electron chi connectivity index (χ0n) is 21.0. The van der Waals surface area contributed by atoms with E-state index < -0.39 is 0 Å². The second-order valence-corrected chi connectivity index (χ2v) is 11.3. The van der Waals surface area contributed by atoms with Crippen LogP contribution in [0.15, 0.2) is 133 Å². The first-order valence-electron chi connectivity index (χ1n) is 13.3. The van der Waals surface area contributed by atoms with Crippen LogP contribution in [-0.2, 0) is 0 Å². The van der Waals surface area contributed by atoms with Crippen molar-refractivity contribution in [3.63, 3.8) is 0 Å². The van der Waals surface area contributed by atoms with Crippen molar-refractivity contribution in [1.29, 1.82) is 0 Å². The Kier molecular flexibility index (Phi) is 4.24. The van der Waals surface area contributed by atoms with Gasteiger partial charge in [0.1, 0.15) is 0 Å². The molecule has 0 fully saturated rings. The summed E-state index contributed by atoms with van der Waals surface area (Å²) in [6, 6.07) is 48.7. The lowest BCUT2D eigenvalue weighted by molar-refractivity contribution is 1.17. The predicted molar refractivity (Wildman–Crippen MR) is 168 cm³/mol. The predicted octanol–water partition coefficient (Wildman–Crippen LogP) is 10.2. The van der Waals surface area contributed by atoms with E-state index in [0.29, 0.717) is 0 Å². The number of hydrogen-bond donors (Lipinski definition) is 0. The quantitative estimate of drug-likeness (QED) is 0.217. The summed E-state index contributed by atoms with van der Waals surface area (Å²) >= 11 is 1.88. The Hall–Kier alpha value is -4.86. The van der Waals surface area contributed by atoms with E-state index in [1.807, 2.05) is 11.3 Å². The molecule has 9 aromatic rings. The van der Waals surface area contributed by atoms with Gasteiger partial charge in [0.25, 0.3) is 0 Å². The third-order valence-electron chi connectivity index (χ3n) is 8.10. The van der Waals surface area contributed by atoms with E-state index in [2.05, 4.69) is 143 Å². The molecule has 0 bridgehead atoms. The fourth-order valence-corrected chi connectivity index (χ4v) is 7.54. The molecule has 0 N–H and O–H groups in total. The van der Waals surface area contributed by atoms with E-state index >= 15 is 0 Å². The van der Waals surface area contributed by atoms with Crippen molar-refractivity contribution in [2.75, 3.05) is 0 Å². The Labute approximate surface area is 228 Å². The summed E-state index contributed by atoms with van der Waals surface area (Å²) in [7, 11) is 0. The van der Waals surface area contributed by atoms with Gasteiger partial charge in [-0.2, -0.15) is 0 Å². The van der Waals surface area contributed by atoms with Crippen LogP contribution in [0.1, 0.15) is 0 Å². The van der Waals surface area contributed by atoms with Crippen LogP contribution in [0, 0.1) is 0 Å².